The summed E-state index contributed by atoms with van der Waals surface area (Å²) < 4.78 is 0. The summed E-state index contributed by atoms with van der Waals surface area (Å²) in [6.07, 6.45) is 7.75. The molecule has 13 heavy (non-hydrogen) atoms. The van der Waals surface area contributed by atoms with Crippen LogP contribution in [0.15, 0.2) is 24.3 Å². The summed E-state index contributed by atoms with van der Waals surface area (Å²) in [5.74, 6) is 0. The first kappa shape index (κ1) is 9.90. The molecule has 0 saturated heterocycles. The Morgan fingerprint density at radius 3 is 2.62 bits per heavy atom. The van der Waals surface area contributed by atoms with Crippen LogP contribution < -0.4 is 0 Å². The van der Waals surface area contributed by atoms with Crippen molar-refractivity contribution in [2.45, 2.75) is 19.9 Å². The summed E-state index contributed by atoms with van der Waals surface area (Å²) in [7, 11) is 0. The molecule has 0 N–H and O–H groups in total. The molecule has 1 aliphatic rings. The third-order valence-corrected chi connectivity index (χ3v) is 2.30. The van der Waals surface area contributed by atoms with Crippen molar-refractivity contribution in [3.05, 3.63) is 29.8 Å². The lowest BCUT2D eigenvalue weighted by atomic mass is 10.1. The zero-order valence-electron chi connectivity index (χ0n) is 8.14. The van der Waals surface area contributed by atoms with Gasteiger partial charge in [-0.1, -0.05) is 32.1 Å². The number of hydrogen-bond acceptors (Lipinski definition) is 1. The lowest BCUT2D eigenvalue weighted by Crippen LogP contribution is -2.40. The Bertz CT molecular complexity index is 268. The minimum Gasteiger partial charge on any atom is -0.361 e. The van der Waals surface area contributed by atoms with Crippen molar-refractivity contribution in [2.75, 3.05) is 13.1 Å². The molecular weight excluding hydrogens is 162 g/mol. The highest BCUT2D eigenvalue weighted by Crippen LogP contribution is 2.07. The minimum atomic E-state index is 0.130. The molecule has 0 saturated carbocycles. The van der Waals surface area contributed by atoms with Crippen LogP contribution in [0.4, 0.5) is 0 Å². The second-order valence-electron chi connectivity index (χ2n) is 2.93. The molecule has 1 atom stereocenters. The molecule has 0 spiro atoms. The van der Waals surface area contributed by atoms with Gasteiger partial charge in [-0.15, -0.1) is 0 Å². The summed E-state index contributed by atoms with van der Waals surface area (Å²) in [5.41, 5.74) is 9.49. The van der Waals surface area contributed by atoms with E-state index in [0.717, 1.165) is 13.1 Å². The average molecular weight is 177 g/mol. The maximum atomic E-state index is 8.78. The minimum absolute atomic E-state index is 0.130. The van der Waals surface area contributed by atoms with Crippen LogP contribution >= 0.6 is 0 Å². The Morgan fingerprint density at radius 1 is 1.38 bits per heavy atom. The van der Waals surface area contributed by atoms with Gasteiger partial charge in [0.1, 0.15) is 6.04 Å². The maximum absolute atomic E-state index is 8.78. The van der Waals surface area contributed by atoms with Gasteiger partial charge in [0, 0.05) is 6.08 Å². The molecule has 0 amide bonds. The van der Waals surface area contributed by atoms with Gasteiger partial charge in [0.2, 0.25) is 0 Å². The van der Waals surface area contributed by atoms with Gasteiger partial charge in [-0.3, -0.25) is 4.90 Å². The smallest absolute Gasteiger partial charge is 0.312 e. The maximum Gasteiger partial charge on any atom is 0.312 e. The van der Waals surface area contributed by atoms with Crippen molar-refractivity contribution < 1.29 is 4.79 Å². The largest absolute Gasteiger partial charge is 0.361 e. The Morgan fingerprint density at radius 2 is 2.08 bits per heavy atom. The van der Waals surface area contributed by atoms with Crippen LogP contribution in [0, 0.1) is 0 Å². The van der Waals surface area contributed by atoms with Gasteiger partial charge >= 0.3 is 5.71 Å². The Labute approximate surface area is 79.0 Å². The summed E-state index contributed by atoms with van der Waals surface area (Å²) >= 11 is 0. The highest BCUT2D eigenvalue weighted by atomic mass is 15.2. The van der Waals surface area contributed by atoms with E-state index in [2.05, 4.69) is 23.5 Å². The lowest BCUT2D eigenvalue weighted by molar-refractivity contribution is -0.0118. The van der Waals surface area contributed by atoms with E-state index in [4.69, 9.17) is 5.53 Å². The van der Waals surface area contributed by atoms with E-state index in [1.54, 1.807) is 0 Å². The Kier molecular flexibility index (Phi) is 3.62. The van der Waals surface area contributed by atoms with Gasteiger partial charge in [0.05, 0.1) is 0 Å². The highest BCUT2D eigenvalue weighted by Gasteiger charge is 2.24. The molecule has 0 heterocycles. The van der Waals surface area contributed by atoms with Crippen LogP contribution in [0.2, 0.25) is 0 Å². The van der Waals surface area contributed by atoms with Gasteiger partial charge in [-0.05, 0) is 13.1 Å². The number of rotatable bonds is 3. The molecule has 0 fully saturated rings. The molecule has 70 valence electrons. The molecular formula is C10H15N3. The molecule has 3 nitrogen and oxygen atoms in total. The first-order valence-corrected chi connectivity index (χ1v) is 4.64. The number of hydrogen-bond donors (Lipinski definition) is 0. The third-order valence-electron chi connectivity index (χ3n) is 2.30. The van der Waals surface area contributed by atoms with Crippen molar-refractivity contribution in [3.8, 4) is 0 Å². The van der Waals surface area contributed by atoms with Gasteiger partial charge in [0.15, 0.2) is 0 Å². The van der Waals surface area contributed by atoms with E-state index in [9.17, 15) is 0 Å². The van der Waals surface area contributed by atoms with Crippen molar-refractivity contribution in [1.82, 2.24) is 4.90 Å². The molecule has 0 radical (unpaired) electrons. The fourth-order valence-electron chi connectivity index (χ4n) is 1.54. The zero-order valence-corrected chi connectivity index (χ0v) is 8.14. The molecule has 0 aliphatic heterocycles. The van der Waals surface area contributed by atoms with Crippen molar-refractivity contribution >= 4 is 5.71 Å². The molecule has 1 aliphatic carbocycles. The molecule has 1 rings (SSSR count). The van der Waals surface area contributed by atoms with E-state index >= 15 is 0 Å². The van der Waals surface area contributed by atoms with Gasteiger partial charge in [-0.2, -0.15) is 4.79 Å². The van der Waals surface area contributed by atoms with Crippen LogP contribution in [-0.4, -0.2) is 34.5 Å². The molecule has 0 aromatic carbocycles. The highest BCUT2D eigenvalue weighted by molar-refractivity contribution is 5.97. The van der Waals surface area contributed by atoms with Crippen LogP contribution in [0.25, 0.3) is 5.53 Å². The van der Waals surface area contributed by atoms with Crippen LogP contribution in [0.5, 0.6) is 0 Å². The van der Waals surface area contributed by atoms with E-state index in [0.29, 0.717) is 5.71 Å². The molecule has 0 bridgehead atoms. The second-order valence-corrected chi connectivity index (χ2v) is 2.93. The fraction of sp³-hybridized carbons (Fsp3) is 0.500. The quantitative estimate of drug-likeness (QED) is 0.475. The second kappa shape index (κ2) is 4.75. The SMILES string of the molecule is CCN(CC)C1C=CC=CC1=[N+]=[N-]. The normalized spacial score (nSPS) is 20.8. The number of nitrogens with zero attached hydrogens (tertiary/aromatic N) is 3. The average Bonchev–Trinajstić information content (AvgIpc) is 2.20. The first-order chi connectivity index (χ1) is 6.33. The summed E-state index contributed by atoms with van der Waals surface area (Å²) in [4.78, 5) is 5.51. The van der Waals surface area contributed by atoms with E-state index in [1.807, 2.05) is 24.3 Å². The van der Waals surface area contributed by atoms with Crippen molar-refractivity contribution in [2.24, 2.45) is 0 Å². The molecule has 0 aromatic rings. The molecule has 0 aromatic heterocycles. The van der Waals surface area contributed by atoms with E-state index in [1.165, 1.54) is 0 Å². The Balaban J connectivity index is 2.83. The number of allylic oxidation sites excluding steroid dienone is 2. The van der Waals surface area contributed by atoms with E-state index < -0.39 is 0 Å². The van der Waals surface area contributed by atoms with Crippen molar-refractivity contribution in [3.63, 3.8) is 0 Å². The van der Waals surface area contributed by atoms with Crippen molar-refractivity contribution in [1.29, 1.82) is 0 Å². The first-order valence-electron chi connectivity index (χ1n) is 4.64. The van der Waals surface area contributed by atoms with Crippen LogP contribution in [0.1, 0.15) is 13.8 Å². The standard InChI is InChI=1S/C10H15N3/c1-3-13(4-2)10-8-6-5-7-9(10)12-11/h5-8,10H,3-4H2,1-2H3. The third kappa shape index (κ3) is 2.14. The molecule has 1 unspecified atom stereocenters. The summed E-state index contributed by atoms with van der Waals surface area (Å²) in [5, 5.41) is 0. The van der Waals surface area contributed by atoms with E-state index in [-0.39, 0.29) is 6.04 Å². The fourth-order valence-corrected chi connectivity index (χ4v) is 1.54. The van der Waals surface area contributed by atoms with Gasteiger partial charge in [0.25, 0.3) is 0 Å². The van der Waals surface area contributed by atoms with Crippen LogP contribution in [0.3, 0.4) is 0 Å². The van der Waals surface area contributed by atoms with Gasteiger partial charge < -0.3 is 5.53 Å². The zero-order chi connectivity index (χ0) is 9.68. The van der Waals surface area contributed by atoms with Crippen LogP contribution in [-0.2, 0) is 0 Å². The topological polar surface area (TPSA) is 39.6 Å². The predicted molar refractivity (Wildman–Crippen MR) is 53.6 cm³/mol. The summed E-state index contributed by atoms with van der Waals surface area (Å²) in [6, 6.07) is 0.130. The monoisotopic (exact) mass is 177 g/mol. The number of likely N-dealkylation sites (N-methyl/N-ethyl adjacent to an activating group) is 1. The van der Waals surface area contributed by atoms with Gasteiger partial charge in [-0.25, -0.2) is 0 Å². The lowest BCUT2D eigenvalue weighted by Gasteiger charge is -2.23. The Hall–Kier alpha value is -1.18. The predicted octanol–water partition coefficient (Wildman–Crippen LogP) is 1.49. The molecule has 3 heteroatoms. The summed E-state index contributed by atoms with van der Waals surface area (Å²) in [6.45, 7) is 6.12.